The van der Waals surface area contributed by atoms with E-state index in [9.17, 15) is 14.5 Å². The summed E-state index contributed by atoms with van der Waals surface area (Å²) in [5.74, 6) is -1.21. The van der Waals surface area contributed by atoms with Crippen LogP contribution in [0.15, 0.2) is 12.1 Å². The van der Waals surface area contributed by atoms with Gasteiger partial charge in [-0.2, -0.15) is 0 Å². The number of methoxy groups -OCH3 is 1. The van der Waals surface area contributed by atoms with E-state index in [1.54, 1.807) is 0 Å². The molecule has 14 heavy (non-hydrogen) atoms. The predicted molar refractivity (Wildman–Crippen MR) is 49.2 cm³/mol. The summed E-state index contributed by atoms with van der Waals surface area (Å²) in [6, 6.07) is 2.35. The summed E-state index contributed by atoms with van der Waals surface area (Å²) < 4.78 is 17.7. The van der Waals surface area contributed by atoms with Crippen molar-refractivity contribution in [3.8, 4) is 5.75 Å². The molecule has 0 aromatic heterocycles. The van der Waals surface area contributed by atoms with Gasteiger partial charge in [0.25, 0.3) is 0 Å². The lowest BCUT2D eigenvalue weighted by Crippen LogP contribution is -2.00. The van der Waals surface area contributed by atoms with Crippen molar-refractivity contribution in [2.75, 3.05) is 7.11 Å². The molecule has 0 saturated carbocycles. The number of nitrogens with zero attached hydrogens (tertiary/aromatic N) is 1. The molecule has 0 aliphatic heterocycles. The van der Waals surface area contributed by atoms with Gasteiger partial charge in [0.05, 0.1) is 17.9 Å². The van der Waals surface area contributed by atoms with Crippen molar-refractivity contribution in [1.82, 2.24) is 0 Å². The van der Waals surface area contributed by atoms with Gasteiger partial charge in [-0.1, -0.05) is 0 Å². The summed E-state index contributed by atoms with van der Waals surface area (Å²) in [5, 5.41) is 10.6. The molecule has 0 heterocycles. The number of hydrogen-bond donors (Lipinski definition) is 0. The molecule has 76 valence electrons. The molecule has 0 aliphatic rings. The fraction of sp³-hybridized carbons (Fsp3) is 0.250. The molecule has 0 amide bonds. The van der Waals surface area contributed by atoms with Gasteiger partial charge < -0.3 is 4.74 Å². The van der Waals surface area contributed by atoms with E-state index in [0.29, 0.717) is 0 Å². The van der Waals surface area contributed by atoms with Gasteiger partial charge in [-0.15, -0.1) is 11.6 Å². The Morgan fingerprint density at radius 2 is 2.29 bits per heavy atom. The first-order valence-corrected chi connectivity index (χ1v) is 4.21. The molecule has 1 aromatic carbocycles. The Hall–Kier alpha value is -1.36. The van der Waals surface area contributed by atoms with Crippen molar-refractivity contribution in [2.24, 2.45) is 0 Å². The van der Waals surface area contributed by atoms with Gasteiger partial charge in [0, 0.05) is 5.56 Å². The maximum absolute atomic E-state index is 13.1. The van der Waals surface area contributed by atoms with Crippen molar-refractivity contribution in [3.05, 3.63) is 33.6 Å². The van der Waals surface area contributed by atoms with Crippen LogP contribution in [0, 0.1) is 15.9 Å². The van der Waals surface area contributed by atoms with Crippen LogP contribution in [0.5, 0.6) is 5.75 Å². The standard InChI is InChI=1S/C8H7ClFNO3/c1-14-8-6(10)3-2-5(4-9)7(8)11(12)13/h2-3H,4H2,1H3. The van der Waals surface area contributed by atoms with Crippen molar-refractivity contribution >= 4 is 17.3 Å². The highest BCUT2D eigenvalue weighted by atomic mass is 35.5. The SMILES string of the molecule is COc1c(F)ccc(CCl)c1[N+](=O)[O-]. The fourth-order valence-corrected chi connectivity index (χ4v) is 1.31. The molecule has 0 saturated heterocycles. The number of ether oxygens (including phenoxy) is 1. The normalized spacial score (nSPS) is 9.93. The van der Waals surface area contributed by atoms with Crippen molar-refractivity contribution < 1.29 is 14.1 Å². The first-order valence-electron chi connectivity index (χ1n) is 3.67. The van der Waals surface area contributed by atoms with Crippen LogP contribution < -0.4 is 4.74 Å². The fourth-order valence-electron chi connectivity index (χ4n) is 1.09. The average Bonchev–Trinajstić information content (AvgIpc) is 2.17. The van der Waals surface area contributed by atoms with Crippen LogP contribution in [0.1, 0.15) is 5.56 Å². The smallest absolute Gasteiger partial charge is 0.318 e. The lowest BCUT2D eigenvalue weighted by Gasteiger charge is -2.05. The van der Waals surface area contributed by atoms with Crippen molar-refractivity contribution in [1.29, 1.82) is 0 Å². The average molecular weight is 220 g/mol. The second-order valence-corrected chi connectivity index (χ2v) is 2.75. The second kappa shape index (κ2) is 4.23. The van der Waals surface area contributed by atoms with Gasteiger partial charge in [0.2, 0.25) is 5.75 Å². The first-order chi connectivity index (χ1) is 6.61. The Kier molecular flexibility index (Phi) is 3.24. The van der Waals surface area contributed by atoms with Crippen LogP contribution in [0.2, 0.25) is 0 Å². The summed E-state index contributed by atoms with van der Waals surface area (Å²) in [4.78, 5) is 9.90. The number of nitro groups is 1. The van der Waals surface area contributed by atoms with E-state index in [0.717, 1.165) is 6.07 Å². The zero-order valence-corrected chi connectivity index (χ0v) is 8.05. The maximum atomic E-state index is 13.1. The van der Waals surface area contributed by atoms with E-state index in [-0.39, 0.29) is 17.2 Å². The number of halogens is 2. The Morgan fingerprint density at radius 3 is 2.71 bits per heavy atom. The van der Waals surface area contributed by atoms with Crippen LogP contribution >= 0.6 is 11.6 Å². The van der Waals surface area contributed by atoms with Crippen LogP contribution in [0.25, 0.3) is 0 Å². The summed E-state index contributed by atoms with van der Waals surface area (Å²) in [6.07, 6.45) is 0. The summed E-state index contributed by atoms with van der Waals surface area (Å²) in [6.45, 7) is 0. The van der Waals surface area contributed by atoms with Gasteiger partial charge in [0.15, 0.2) is 5.82 Å². The van der Waals surface area contributed by atoms with Crippen LogP contribution in [0.3, 0.4) is 0 Å². The summed E-state index contributed by atoms with van der Waals surface area (Å²) in [5.41, 5.74) is -0.183. The molecular formula is C8H7ClFNO3. The molecule has 1 aromatic rings. The third kappa shape index (κ3) is 1.77. The van der Waals surface area contributed by atoms with Gasteiger partial charge in [0.1, 0.15) is 0 Å². The van der Waals surface area contributed by atoms with Crippen molar-refractivity contribution in [3.63, 3.8) is 0 Å². The monoisotopic (exact) mass is 219 g/mol. The van der Waals surface area contributed by atoms with E-state index in [1.807, 2.05) is 0 Å². The Balaban J connectivity index is 3.43. The molecule has 0 bridgehead atoms. The van der Waals surface area contributed by atoms with E-state index in [2.05, 4.69) is 4.74 Å². The first kappa shape index (κ1) is 10.7. The number of benzene rings is 1. The Bertz CT molecular complexity index is 370. The van der Waals surface area contributed by atoms with Crippen LogP contribution in [-0.4, -0.2) is 12.0 Å². The van der Waals surface area contributed by atoms with Crippen molar-refractivity contribution in [2.45, 2.75) is 5.88 Å². The minimum absolute atomic E-state index is 0.0625. The molecule has 0 fully saturated rings. The topological polar surface area (TPSA) is 52.4 Å². The van der Waals surface area contributed by atoms with E-state index in [4.69, 9.17) is 11.6 Å². The van der Waals surface area contributed by atoms with E-state index in [1.165, 1.54) is 13.2 Å². The molecule has 0 unspecified atom stereocenters. The molecule has 6 heteroatoms. The maximum Gasteiger partial charge on any atom is 0.318 e. The Morgan fingerprint density at radius 1 is 1.64 bits per heavy atom. The number of alkyl halides is 1. The lowest BCUT2D eigenvalue weighted by atomic mass is 10.2. The van der Waals surface area contributed by atoms with Crippen LogP contribution in [-0.2, 0) is 5.88 Å². The zero-order chi connectivity index (χ0) is 10.7. The summed E-state index contributed by atoms with van der Waals surface area (Å²) >= 11 is 5.47. The third-order valence-corrected chi connectivity index (χ3v) is 1.99. The van der Waals surface area contributed by atoms with Gasteiger partial charge in [-0.05, 0) is 12.1 Å². The van der Waals surface area contributed by atoms with Crippen LogP contribution in [0.4, 0.5) is 10.1 Å². The molecule has 4 nitrogen and oxygen atoms in total. The third-order valence-electron chi connectivity index (χ3n) is 1.70. The summed E-state index contributed by atoms with van der Waals surface area (Å²) in [7, 11) is 1.17. The predicted octanol–water partition coefficient (Wildman–Crippen LogP) is 2.48. The zero-order valence-electron chi connectivity index (χ0n) is 7.29. The molecule has 0 atom stereocenters. The number of hydrogen-bond acceptors (Lipinski definition) is 3. The molecule has 1 rings (SSSR count). The molecular weight excluding hydrogens is 213 g/mol. The van der Waals surface area contributed by atoms with E-state index >= 15 is 0 Å². The highest BCUT2D eigenvalue weighted by molar-refractivity contribution is 6.17. The van der Waals surface area contributed by atoms with Gasteiger partial charge in [-0.3, -0.25) is 10.1 Å². The quantitative estimate of drug-likeness (QED) is 0.446. The highest BCUT2D eigenvalue weighted by Crippen LogP contribution is 2.34. The number of nitro benzene ring substituents is 1. The molecule has 0 spiro atoms. The largest absolute Gasteiger partial charge is 0.488 e. The second-order valence-electron chi connectivity index (χ2n) is 2.48. The Labute approximate surface area is 84.4 Å². The van der Waals surface area contributed by atoms with Gasteiger partial charge >= 0.3 is 5.69 Å². The highest BCUT2D eigenvalue weighted by Gasteiger charge is 2.23. The molecule has 0 radical (unpaired) electrons. The van der Waals surface area contributed by atoms with E-state index < -0.39 is 16.4 Å². The number of rotatable bonds is 3. The minimum Gasteiger partial charge on any atom is -0.488 e. The lowest BCUT2D eigenvalue weighted by molar-refractivity contribution is -0.386. The molecule has 0 N–H and O–H groups in total. The minimum atomic E-state index is -0.770. The van der Waals surface area contributed by atoms with Gasteiger partial charge in [-0.25, -0.2) is 4.39 Å². The molecule has 0 aliphatic carbocycles.